The van der Waals surface area contributed by atoms with Crippen LogP contribution in [0.5, 0.6) is 0 Å². The minimum absolute atomic E-state index is 0.119. The highest BCUT2D eigenvalue weighted by Crippen LogP contribution is 2.34. The van der Waals surface area contributed by atoms with Crippen molar-refractivity contribution in [2.75, 3.05) is 0 Å². The second-order valence-corrected chi connectivity index (χ2v) is 9.04. The topological polar surface area (TPSA) is 0 Å². The van der Waals surface area contributed by atoms with Crippen LogP contribution in [-0.2, 0) is 23.7 Å². The number of rotatable bonds is 6. The summed E-state index contributed by atoms with van der Waals surface area (Å²) in [5, 5.41) is 0. The Balaban J connectivity index is 1.88. The highest BCUT2D eigenvalue weighted by molar-refractivity contribution is 5.34. The first-order valence-corrected chi connectivity index (χ1v) is 10.1. The zero-order chi connectivity index (χ0) is 19.3. The van der Waals surface area contributed by atoms with Gasteiger partial charge in [-0.3, -0.25) is 0 Å². The van der Waals surface area contributed by atoms with Gasteiger partial charge in [0, 0.05) is 0 Å². The van der Waals surface area contributed by atoms with E-state index in [1.165, 1.54) is 22.3 Å². The Kier molecular flexibility index (Phi) is 5.85. The van der Waals surface area contributed by atoms with Gasteiger partial charge in [0.15, 0.2) is 0 Å². The molecular formula is C27H32. The van der Waals surface area contributed by atoms with Crippen LogP contribution >= 0.6 is 0 Å². The highest BCUT2D eigenvalue weighted by atomic mass is 14.3. The summed E-state index contributed by atoms with van der Waals surface area (Å²) in [6, 6.07) is 31.1. The van der Waals surface area contributed by atoms with Crippen molar-refractivity contribution in [3.8, 4) is 0 Å². The standard InChI is InChI=1S/C27H32/c1-26(2,3)24-15-17-25(18-16-24)27(4,21-23-13-9-6-10-14-23)20-19-22-11-7-5-8-12-22/h5-18H,19-21H2,1-4H3. The van der Waals surface area contributed by atoms with Crippen LogP contribution in [0.15, 0.2) is 84.9 Å². The summed E-state index contributed by atoms with van der Waals surface area (Å²) >= 11 is 0. The fraction of sp³-hybridized carbons (Fsp3) is 0.333. The van der Waals surface area contributed by atoms with Crippen molar-refractivity contribution >= 4 is 0 Å². The molecule has 0 bridgehead atoms. The molecule has 0 saturated carbocycles. The van der Waals surface area contributed by atoms with E-state index in [-0.39, 0.29) is 10.8 Å². The third-order valence-electron chi connectivity index (χ3n) is 5.69. The van der Waals surface area contributed by atoms with Crippen LogP contribution < -0.4 is 0 Å². The molecule has 0 saturated heterocycles. The monoisotopic (exact) mass is 356 g/mol. The quantitative estimate of drug-likeness (QED) is 0.441. The van der Waals surface area contributed by atoms with Crippen molar-refractivity contribution < 1.29 is 0 Å². The van der Waals surface area contributed by atoms with Crippen LogP contribution in [0.25, 0.3) is 0 Å². The van der Waals surface area contributed by atoms with E-state index in [2.05, 4.69) is 113 Å². The van der Waals surface area contributed by atoms with E-state index < -0.39 is 0 Å². The van der Waals surface area contributed by atoms with Gasteiger partial charge in [0.1, 0.15) is 0 Å². The maximum atomic E-state index is 2.43. The minimum atomic E-state index is 0.119. The second kappa shape index (κ2) is 8.13. The predicted molar refractivity (Wildman–Crippen MR) is 117 cm³/mol. The average Bonchev–Trinajstić information content (AvgIpc) is 2.67. The third kappa shape index (κ3) is 5.10. The molecule has 0 aliphatic carbocycles. The van der Waals surface area contributed by atoms with E-state index in [0.717, 1.165) is 19.3 Å². The van der Waals surface area contributed by atoms with Gasteiger partial charge in [-0.1, -0.05) is 113 Å². The molecule has 0 aliphatic rings. The molecule has 3 aromatic rings. The van der Waals surface area contributed by atoms with Crippen molar-refractivity contribution in [2.24, 2.45) is 0 Å². The summed E-state index contributed by atoms with van der Waals surface area (Å²) in [5.74, 6) is 0. The number of hydrogen-bond donors (Lipinski definition) is 0. The van der Waals surface area contributed by atoms with Gasteiger partial charge in [0.2, 0.25) is 0 Å². The van der Waals surface area contributed by atoms with Crippen LogP contribution in [0.1, 0.15) is 56.4 Å². The lowest BCUT2D eigenvalue weighted by molar-refractivity contribution is 0.430. The molecule has 0 amide bonds. The first-order chi connectivity index (χ1) is 12.9. The van der Waals surface area contributed by atoms with Crippen molar-refractivity contribution in [1.82, 2.24) is 0 Å². The fourth-order valence-corrected chi connectivity index (χ4v) is 3.82. The van der Waals surface area contributed by atoms with Crippen LogP contribution in [0.2, 0.25) is 0 Å². The summed E-state index contributed by atoms with van der Waals surface area (Å²) in [7, 11) is 0. The molecule has 1 unspecified atom stereocenters. The lowest BCUT2D eigenvalue weighted by atomic mass is 9.72. The van der Waals surface area contributed by atoms with Crippen LogP contribution in [-0.4, -0.2) is 0 Å². The van der Waals surface area contributed by atoms with Crippen molar-refractivity contribution in [3.05, 3.63) is 107 Å². The maximum Gasteiger partial charge on any atom is -0.00318 e. The number of aryl methyl sites for hydroxylation is 1. The average molecular weight is 357 g/mol. The summed E-state index contributed by atoms with van der Waals surface area (Å²) < 4.78 is 0. The van der Waals surface area contributed by atoms with E-state index in [1.54, 1.807) is 0 Å². The maximum absolute atomic E-state index is 2.43. The summed E-state index contributed by atoms with van der Waals surface area (Å²) in [4.78, 5) is 0. The van der Waals surface area contributed by atoms with Gasteiger partial charge in [0.05, 0.1) is 0 Å². The fourth-order valence-electron chi connectivity index (χ4n) is 3.82. The molecule has 3 rings (SSSR count). The SMILES string of the molecule is CC(C)(C)c1ccc(C(C)(CCc2ccccc2)Cc2ccccc2)cc1. The van der Waals surface area contributed by atoms with Gasteiger partial charge < -0.3 is 0 Å². The molecule has 0 heteroatoms. The van der Waals surface area contributed by atoms with Crippen molar-refractivity contribution in [1.29, 1.82) is 0 Å². The molecule has 0 N–H and O–H groups in total. The molecule has 27 heavy (non-hydrogen) atoms. The Hall–Kier alpha value is -2.34. The second-order valence-electron chi connectivity index (χ2n) is 9.04. The van der Waals surface area contributed by atoms with Gasteiger partial charge in [0.25, 0.3) is 0 Å². The largest absolute Gasteiger partial charge is 0.0622 e. The van der Waals surface area contributed by atoms with E-state index in [1.807, 2.05) is 0 Å². The van der Waals surface area contributed by atoms with Crippen molar-refractivity contribution in [3.63, 3.8) is 0 Å². The first-order valence-electron chi connectivity index (χ1n) is 10.1. The van der Waals surface area contributed by atoms with Gasteiger partial charge in [-0.25, -0.2) is 0 Å². The molecule has 0 nitrogen and oxygen atoms in total. The normalized spacial score (nSPS) is 13.9. The molecule has 1 atom stereocenters. The number of hydrogen-bond acceptors (Lipinski definition) is 0. The predicted octanol–water partition coefficient (Wildman–Crippen LogP) is 7.12. The zero-order valence-corrected chi connectivity index (χ0v) is 17.2. The molecule has 0 aromatic heterocycles. The Bertz CT molecular complexity index is 823. The lowest BCUT2D eigenvalue weighted by Crippen LogP contribution is -2.26. The Morgan fingerprint density at radius 2 is 1.04 bits per heavy atom. The molecule has 0 fully saturated rings. The third-order valence-corrected chi connectivity index (χ3v) is 5.69. The van der Waals surface area contributed by atoms with E-state index in [0.29, 0.717) is 0 Å². The Labute approximate surface area is 165 Å². The van der Waals surface area contributed by atoms with E-state index >= 15 is 0 Å². The molecule has 0 radical (unpaired) electrons. The summed E-state index contributed by atoms with van der Waals surface area (Å²) in [6.45, 7) is 9.26. The van der Waals surface area contributed by atoms with E-state index in [9.17, 15) is 0 Å². The smallest absolute Gasteiger partial charge is 0.00318 e. The van der Waals surface area contributed by atoms with Crippen LogP contribution in [0, 0.1) is 0 Å². The molecule has 3 aromatic carbocycles. The molecular weight excluding hydrogens is 324 g/mol. The summed E-state index contributed by atoms with van der Waals surface area (Å²) in [6.07, 6.45) is 3.31. The van der Waals surface area contributed by atoms with Crippen LogP contribution in [0.4, 0.5) is 0 Å². The van der Waals surface area contributed by atoms with Gasteiger partial charge >= 0.3 is 0 Å². The molecule has 0 heterocycles. The molecule has 140 valence electrons. The lowest BCUT2D eigenvalue weighted by Gasteiger charge is -2.32. The molecule has 0 spiro atoms. The minimum Gasteiger partial charge on any atom is -0.0622 e. The summed E-state index contributed by atoms with van der Waals surface area (Å²) in [5.41, 5.74) is 5.98. The first kappa shape index (κ1) is 19.4. The van der Waals surface area contributed by atoms with E-state index in [4.69, 9.17) is 0 Å². The molecule has 0 aliphatic heterocycles. The zero-order valence-electron chi connectivity index (χ0n) is 17.2. The number of benzene rings is 3. The Morgan fingerprint density at radius 3 is 1.56 bits per heavy atom. The van der Waals surface area contributed by atoms with Gasteiger partial charge in [-0.15, -0.1) is 0 Å². The van der Waals surface area contributed by atoms with Crippen molar-refractivity contribution in [2.45, 2.75) is 57.8 Å². The Morgan fingerprint density at radius 1 is 0.556 bits per heavy atom. The highest BCUT2D eigenvalue weighted by Gasteiger charge is 2.27. The van der Waals surface area contributed by atoms with Crippen LogP contribution in [0.3, 0.4) is 0 Å². The van der Waals surface area contributed by atoms with Gasteiger partial charge in [-0.2, -0.15) is 0 Å². The van der Waals surface area contributed by atoms with Gasteiger partial charge in [-0.05, 0) is 52.3 Å².